The van der Waals surface area contributed by atoms with Crippen LogP contribution in [-0.4, -0.2) is 62.8 Å². The molecule has 0 unspecified atom stereocenters. The summed E-state index contributed by atoms with van der Waals surface area (Å²) < 4.78 is 11.5. The van der Waals surface area contributed by atoms with Crippen molar-refractivity contribution in [1.82, 2.24) is 9.80 Å². The Morgan fingerprint density at radius 3 is 2.52 bits per heavy atom. The highest BCUT2D eigenvalue weighted by molar-refractivity contribution is 5.43. The molecule has 2 rings (SSSR count). The predicted molar refractivity (Wildman–Crippen MR) is 84.9 cm³/mol. The van der Waals surface area contributed by atoms with Gasteiger partial charge in [0.2, 0.25) is 0 Å². The predicted octanol–water partition coefficient (Wildman–Crippen LogP) is 1.17. The third-order valence-corrected chi connectivity index (χ3v) is 3.80. The second-order valence-electron chi connectivity index (χ2n) is 5.41. The Hall–Kier alpha value is -1.30. The van der Waals surface area contributed by atoms with Crippen LogP contribution in [0.1, 0.15) is 12.5 Å². The number of piperazine rings is 1. The topological polar surface area (TPSA) is 51.0 Å². The Labute approximate surface area is 127 Å². The summed E-state index contributed by atoms with van der Waals surface area (Å²) in [6.45, 7) is 9.26. The van der Waals surface area contributed by atoms with E-state index in [-0.39, 0.29) is 0 Å². The Morgan fingerprint density at radius 1 is 1.10 bits per heavy atom. The van der Waals surface area contributed by atoms with Gasteiger partial charge in [-0.3, -0.25) is 4.90 Å². The first-order valence-corrected chi connectivity index (χ1v) is 7.72. The van der Waals surface area contributed by atoms with Gasteiger partial charge in [-0.15, -0.1) is 0 Å². The maximum atomic E-state index is 5.90. The van der Waals surface area contributed by atoms with E-state index in [1.54, 1.807) is 0 Å². The molecular weight excluding hydrogens is 266 g/mol. The fourth-order valence-corrected chi connectivity index (χ4v) is 2.42. The summed E-state index contributed by atoms with van der Waals surface area (Å²) in [5, 5.41) is 0. The van der Waals surface area contributed by atoms with Crippen LogP contribution in [-0.2, 0) is 6.54 Å². The third kappa shape index (κ3) is 4.88. The van der Waals surface area contributed by atoms with Crippen molar-refractivity contribution in [2.45, 2.75) is 13.5 Å². The highest BCUT2D eigenvalue weighted by atomic mass is 16.5. The molecule has 1 fully saturated rings. The molecule has 1 aliphatic rings. The first kappa shape index (κ1) is 16.1. The van der Waals surface area contributed by atoms with Crippen molar-refractivity contribution in [1.29, 1.82) is 0 Å². The van der Waals surface area contributed by atoms with Crippen molar-refractivity contribution in [2.24, 2.45) is 5.73 Å². The number of ether oxygens (including phenoxy) is 2. The third-order valence-electron chi connectivity index (χ3n) is 3.80. The van der Waals surface area contributed by atoms with Gasteiger partial charge >= 0.3 is 0 Å². The SMILES string of the molecule is CCOc1cc(CN)ccc1OCCN1CCN(C)CC1. The van der Waals surface area contributed by atoms with E-state index < -0.39 is 0 Å². The maximum absolute atomic E-state index is 5.90. The van der Waals surface area contributed by atoms with Crippen molar-refractivity contribution in [3.05, 3.63) is 23.8 Å². The van der Waals surface area contributed by atoms with Gasteiger partial charge in [-0.05, 0) is 31.7 Å². The molecular formula is C16H27N3O2. The average Bonchev–Trinajstić information content (AvgIpc) is 2.51. The highest BCUT2D eigenvalue weighted by Crippen LogP contribution is 2.28. The zero-order chi connectivity index (χ0) is 15.1. The number of rotatable bonds is 7. The molecule has 1 saturated heterocycles. The minimum Gasteiger partial charge on any atom is -0.490 e. The van der Waals surface area contributed by atoms with Crippen LogP contribution >= 0.6 is 0 Å². The molecule has 118 valence electrons. The van der Waals surface area contributed by atoms with E-state index in [1.807, 2.05) is 25.1 Å². The summed E-state index contributed by atoms with van der Waals surface area (Å²) in [6, 6.07) is 5.92. The fourth-order valence-electron chi connectivity index (χ4n) is 2.42. The van der Waals surface area contributed by atoms with Gasteiger partial charge in [0.05, 0.1) is 6.61 Å². The second-order valence-corrected chi connectivity index (χ2v) is 5.41. The van der Waals surface area contributed by atoms with Crippen LogP contribution in [0, 0.1) is 0 Å². The molecule has 1 aromatic rings. The summed E-state index contributed by atoms with van der Waals surface area (Å²) in [6.07, 6.45) is 0. The van der Waals surface area contributed by atoms with Crippen molar-refractivity contribution < 1.29 is 9.47 Å². The van der Waals surface area contributed by atoms with Crippen LogP contribution in [0.25, 0.3) is 0 Å². The van der Waals surface area contributed by atoms with Gasteiger partial charge in [-0.25, -0.2) is 0 Å². The summed E-state index contributed by atoms with van der Waals surface area (Å²) >= 11 is 0. The van der Waals surface area contributed by atoms with E-state index in [4.69, 9.17) is 15.2 Å². The molecule has 0 atom stereocenters. The molecule has 2 N–H and O–H groups in total. The van der Waals surface area contributed by atoms with E-state index in [0.29, 0.717) is 19.8 Å². The van der Waals surface area contributed by atoms with Crippen LogP contribution in [0.5, 0.6) is 11.5 Å². The van der Waals surface area contributed by atoms with Crippen LogP contribution in [0.2, 0.25) is 0 Å². The number of nitrogens with two attached hydrogens (primary N) is 1. The Bertz CT molecular complexity index is 432. The van der Waals surface area contributed by atoms with Crippen LogP contribution in [0.15, 0.2) is 18.2 Å². The van der Waals surface area contributed by atoms with Crippen molar-refractivity contribution in [2.75, 3.05) is 53.0 Å². The summed E-state index contributed by atoms with van der Waals surface area (Å²) in [7, 11) is 2.17. The van der Waals surface area contributed by atoms with E-state index >= 15 is 0 Å². The Morgan fingerprint density at radius 2 is 1.86 bits per heavy atom. The van der Waals surface area contributed by atoms with Gasteiger partial charge in [0.15, 0.2) is 11.5 Å². The normalized spacial score (nSPS) is 16.9. The van der Waals surface area contributed by atoms with E-state index in [1.165, 1.54) is 0 Å². The Kier molecular flexibility index (Phi) is 6.29. The zero-order valence-corrected chi connectivity index (χ0v) is 13.2. The molecule has 0 radical (unpaired) electrons. The van der Waals surface area contributed by atoms with E-state index in [2.05, 4.69) is 16.8 Å². The number of hydrogen-bond donors (Lipinski definition) is 1. The van der Waals surface area contributed by atoms with Crippen molar-refractivity contribution in [3.8, 4) is 11.5 Å². The molecule has 1 aliphatic heterocycles. The van der Waals surface area contributed by atoms with Crippen molar-refractivity contribution >= 4 is 0 Å². The molecule has 0 aliphatic carbocycles. The standard InChI is InChI=1S/C16H27N3O2/c1-3-20-16-12-14(13-17)4-5-15(16)21-11-10-19-8-6-18(2)7-9-19/h4-5,12H,3,6-11,13,17H2,1-2H3. The second kappa shape index (κ2) is 8.22. The zero-order valence-electron chi connectivity index (χ0n) is 13.2. The summed E-state index contributed by atoms with van der Waals surface area (Å²) in [4.78, 5) is 4.80. The molecule has 0 saturated carbocycles. The largest absolute Gasteiger partial charge is 0.490 e. The molecule has 5 heteroatoms. The maximum Gasteiger partial charge on any atom is 0.161 e. The van der Waals surface area contributed by atoms with Gasteiger partial charge in [-0.1, -0.05) is 6.07 Å². The summed E-state index contributed by atoms with van der Waals surface area (Å²) in [5.41, 5.74) is 6.73. The minimum absolute atomic E-state index is 0.516. The lowest BCUT2D eigenvalue weighted by molar-refractivity contribution is 0.132. The van der Waals surface area contributed by atoms with Crippen molar-refractivity contribution in [3.63, 3.8) is 0 Å². The fraction of sp³-hybridized carbons (Fsp3) is 0.625. The number of hydrogen-bond acceptors (Lipinski definition) is 5. The first-order chi connectivity index (χ1) is 10.2. The van der Waals surface area contributed by atoms with Gasteiger partial charge in [0.1, 0.15) is 6.61 Å². The van der Waals surface area contributed by atoms with Gasteiger partial charge < -0.3 is 20.1 Å². The smallest absolute Gasteiger partial charge is 0.161 e. The molecule has 5 nitrogen and oxygen atoms in total. The average molecular weight is 293 g/mol. The lowest BCUT2D eigenvalue weighted by atomic mass is 10.2. The molecule has 0 bridgehead atoms. The lowest BCUT2D eigenvalue weighted by Crippen LogP contribution is -2.45. The lowest BCUT2D eigenvalue weighted by Gasteiger charge is -2.32. The van der Waals surface area contributed by atoms with Crippen LogP contribution in [0.4, 0.5) is 0 Å². The minimum atomic E-state index is 0.516. The van der Waals surface area contributed by atoms with Gasteiger partial charge in [-0.2, -0.15) is 0 Å². The number of nitrogens with zero attached hydrogens (tertiary/aromatic N) is 2. The molecule has 0 spiro atoms. The first-order valence-electron chi connectivity index (χ1n) is 7.72. The molecule has 1 heterocycles. The van der Waals surface area contributed by atoms with Crippen LogP contribution < -0.4 is 15.2 Å². The van der Waals surface area contributed by atoms with Crippen LogP contribution in [0.3, 0.4) is 0 Å². The molecule has 21 heavy (non-hydrogen) atoms. The van der Waals surface area contributed by atoms with E-state index in [0.717, 1.165) is 49.8 Å². The number of likely N-dealkylation sites (N-methyl/N-ethyl adjacent to an activating group) is 1. The Balaban J connectivity index is 1.84. The number of benzene rings is 1. The monoisotopic (exact) mass is 293 g/mol. The molecule has 0 aromatic heterocycles. The van der Waals surface area contributed by atoms with Gasteiger partial charge in [0.25, 0.3) is 0 Å². The quantitative estimate of drug-likeness (QED) is 0.818. The van der Waals surface area contributed by atoms with Gasteiger partial charge in [0, 0.05) is 39.3 Å². The summed E-state index contributed by atoms with van der Waals surface area (Å²) in [5.74, 6) is 1.60. The molecule has 0 amide bonds. The van der Waals surface area contributed by atoms with E-state index in [9.17, 15) is 0 Å². The highest BCUT2D eigenvalue weighted by Gasteiger charge is 2.13. The molecule has 1 aromatic carbocycles.